The SMILES string of the molecule is O=c1[nH]c2cc(CCl)cnc2cc1C(F)F. The molecule has 0 aromatic carbocycles. The van der Waals surface area contributed by atoms with Crippen molar-refractivity contribution in [3.63, 3.8) is 0 Å². The molecule has 6 heteroatoms. The Kier molecular flexibility index (Phi) is 2.87. The molecular weight excluding hydrogens is 238 g/mol. The summed E-state index contributed by atoms with van der Waals surface area (Å²) in [6, 6.07) is 2.71. The molecule has 0 unspecified atom stereocenters. The van der Waals surface area contributed by atoms with E-state index in [0.717, 1.165) is 11.6 Å². The molecule has 0 fully saturated rings. The van der Waals surface area contributed by atoms with E-state index >= 15 is 0 Å². The third-order valence-electron chi connectivity index (χ3n) is 2.17. The normalized spacial score (nSPS) is 11.2. The summed E-state index contributed by atoms with van der Waals surface area (Å²) in [6.07, 6.45) is -1.31. The number of alkyl halides is 3. The Morgan fingerprint density at radius 2 is 2.19 bits per heavy atom. The van der Waals surface area contributed by atoms with Crippen molar-refractivity contribution >= 4 is 22.6 Å². The van der Waals surface area contributed by atoms with E-state index in [1.54, 1.807) is 6.07 Å². The van der Waals surface area contributed by atoms with E-state index in [-0.39, 0.29) is 5.88 Å². The summed E-state index contributed by atoms with van der Waals surface area (Å²) in [5.41, 5.74) is 0.0839. The van der Waals surface area contributed by atoms with Gasteiger partial charge in [-0.3, -0.25) is 9.78 Å². The zero-order chi connectivity index (χ0) is 11.7. The number of nitrogens with zero attached hydrogens (tertiary/aromatic N) is 1. The third kappa shape index (κ3) is 1.90. The number of fused-ring (bicyclic) bond motifs is 1. The second-order valence-corrected chi connectivity index (χ2v) is 3.53. The Balaban J connectivity index is 2.69. The first-order chi connectivity index (χ1) is 7.61. The first-order valence-electron chi connectivity index (χ1n) is 4.48. The molecule has 2 aromatic rings. The van der Waals surface area contributed by atoms with Crippen LogP contribution in [0, 0.1) is 0 Å². The fourth-order valence-corrected chi connectivity index (χ4v) is 1.52. The molecule has 3 nitrogen and oxygen atoms in total. The number of aromatic nitrogens is 2. The molecule has 0 amide bonds. The molecule has 0 bridgehead atoms. The highest BCUT2D eigenvalue weighted by Gasteiger charge is 2.13. The number of H-pyrrole nitrogens is 1. The van der Waals surface area contributed by atoms with Crippen LogP contribution in [0.2, 0.25) is 0 Å². The van der Waals surface area contributed by atoms with Gasteiger partial charge in [-0.25, -0.2) is 8.78 Å². The standard InChI is InChI=1S/C10H7ClF2N2O/c11-3-5-1-8-7(14-4-5)2-6(9(12)13)10(16)15-8/h1-2,4,9H,3H2,(H,15,16). The highest BCUT2D eigenvalue weighted by molar-refractivity contribution is 6.17. The van der Waals surface area contributed by atoms with Crippen LogP contribution in [0.25, 0.3) is 11.0 Å². The van der Waals surface area contributed by atoms with Gasteiger partial charge in [0.15, 0.2) is 0 Å². The minimum Gasteiger partial charge on any atom is -0.320 e. The summed E-state index contributed by atoms with van der Waals surface area (Å²) >= 11 is 5.60. The van der Waals surface area contributed by atoms with Crippen molar-refractivity contribution in [1.82, 2.24) is 9.97 Å². The van der Waals surface area contributed by atoms with E-state index in [1.807, 2.05) is 0 Å². The molecule has 0 aliphatic heterocycles. The Hall–Kier alpha value is -1.49. The zero-order valence-corrected chi connectivity index (χ0v) is 8.76. The summed E-state index contributed by atoms with van der Waals surface area (Å²) in [4.78, 5) is 17.6. The molecule has 84 valence electrons. The van der Waals surface area contributed by atoms with Crippen molar-refractivity contribution in [2.24, 2.45) is 0 Å². The van der Waals surface area contributed by atoms with E-state index in [2.05, 4.69) is 9.97 Å². The van der Waals surface area contributed by atoms with E-state index < -0.39 is 17.5 Å². The fourth-order valence-electron chi connectivity index (χ4n) is 1.38. The Morgan fingerprint density at radius 3 is 2.81 bits per heavy atom. The van der Waals surface area contributed by atoms with Gasteiger partial charge in [0, 0.05) is 12.1 Å². The molecule has 0 spiro atoms. The minimum atomic E-state index is -2.80. The summed E-state index contributed by atoms with van der Waals surface area (Å²) in [7, 11) is 0. The first kappa shape index (κ1) is 11.0. The van der Waals surface area contributed by atoms with Crippen LogP contribution >= 0.6 is 11.6 Å². The number of rotatable bonds is 2. The van der Waals surface area contributed by atoms with E-state index in [4.69, 9.17) is 11.6 Å². The first-order valence-corrected chi connectivity index (χ1v) is 5.01. The maximum absolute atomic E-state index is 12.4. The maximum Gasteiger partial charge on any atom is 0.269 e. The molecule has 2 rings (SSSR count). The van der Waals surface area contributed by atoms with Crippen LogP contribution in [-0.4, -0.2) is 9.97 Å². The average Bonchev–Trinajstić information content (AvgIpc) is 2.27. The maximum atomic E-state index is 12.4. The number of hydrogen-bond donors (Lipinski definition) is 1. The molecular formula is C10H7ClF2N2O. The van der Waals surface area contributed by atoms with Crippen LogP contribution in [0.1, 0.15) is 17.6 Å². The highest BCUT2D eigenvalue weighted by Crippen LogP contribution is 2.18. The zero-order valence-electron chi connectivity index (χ0n) is 8.01. The number of halogens is 3. The lowest BCUT2D eigenvalue weighted by Crippen LogP contribution is -2.13. The number of hydrogen-bond acceptors (Lipinski definition) is 2. The van der Waals surface area contributed by atoms with Crippen molar-refractivity contribution in [1.29, 1.82) is 0 Å². The van der Waals surface area contributed by atoms with Gasteiger partial charge in [-0.1, -0.05) is 0 Å². The van der Waals surface area contributed by atoms with Gasteiger partial charge in [-0.05, 0) is 17.7 Å². The average molecular weight is 245 g/mol. The monoisotopic (exact) mass is 244 g/mol. The lowest BCUT2D eigenvalue weighted by atomic mass is 10.2. The van der Waals surface area contributed by atoms with Gasteiger partial charge in [-0.15, -0.1) is 11.6 Å². The lowest BCUT2D eigenvalue weighted by molar-refractivity contribution is 0.150. The Labute approximate surface area is 94.1 Å². The summed E-state index contributed by atoms with van der Waals surface area (Å²) in [5.74, 6) is 0.252. The van der Waals surface area contributed by atoms with Crippen LogP contribution in [0.4, 0.5) is 8.78 Å². The minimum absolute atomic E-state index is 0.252. The molecule has 0 saturated heterocycles. The Morgan fingerprint density at radius 1 is 1.44 bits per heavy atom. The molecule has 2 aromatic heterocycles. The van der Waals surface area contributed by atoms with Gasteiger partial charge in [0.1, 0.15) is 0 Å². The molecule has 0 saturated carbocycles. The van der Waals surface area contributed by atoms with Gasteiger partial charge in [-0.2, -0.15) is 0 Å². The van der Waals surface area contributed by atoms with Gasteiger partial charge in [0.2, 0.25) is 0 Å². The molecule has 0 aliphatic carbocycles. The molecule has 0 aliphatic rings. The smallest absolute Gasteiger partial charge is 0.269 e. The number of aromatic amines is 1. The summed E-state index contributed by atoms with van der Waals surface area (Å²) in [6.45, 7) is 0. The molecule has 1 N–H and O–H groups in total. The molecule has 16 heavy (non-hydrogen) atoms. The van der Waals surface area contributed by atoms with E-state index in [1.165, 1.54) is 6.20 Å². The predicted molar refractivity (Wildman–Crippen MR) is 56.9 cm³/mol. The Bertz CT molecular complexity index is 583. The molecule has 0 radical (unpaired) electrons. The van der Waals surface area contributed by atoms with Crippen molar-refractivity contribution in [3.05, 3.63) is 39.8 Å². The fraction of sp³-hybridized carbons (Fsp3) is 0.200. The van der Waals surface area contributed by atoms with Crippen molar-refractivity contribution in [3.8, 4) is 0 Å². The topological polar surface area (TPSA) is 45.8 Å². The van der Waals surface area contributed by atoms with Crippen LogP contribution in [0.15, 0.2) is 23.1 Å². The van der Waals surface area contributed by atoms with Crippen LogP contribution in [-0.2, 0) is 5.88 Å². The van der Waals surface area contributed by atoms with Gasteiger partial charge < -0.3 is 4.98 Å². The number of pyridine rings is 2. The molecule has 2 heterocycles. The van der Waals surface area contributed by atoms with E-state index in [9.17, 15) is 13.6 Å². The second-order valence-electron chi connectivity index (χ2n) is 3.26. The van der Waals surface area contributed by atoms with Crippen molar-refractivity contribution in [2.45, 2.75) is 12.3 Å². The summed E-state index contributed by atoms with van der Waals surface area (Å²) in [5, 5.41) is 0. The quantitative estimate of drug-likeness (QED) is 0.826. The van der Waals surface area contributed by atoms with Crippen molar-refractivity contribution in [2.75, 3.05) is 0 Å². The van der Waals surface area contributed by atoms with Crippen LogP contribution < -0.4 is 5.56 Å². The van der Waals surface area contributed by atoms with E-state index in [0.29, 0.717) is 11.0 Å². The second kappa shape index (κ2) is 4.17. The van der Waals surface area contributed by atoms with Gasteiger partial charge in [0.25, 0.3) is 12.0 Å². The van der Waals surface area contributed by atoms with Gasteiger partial charge >= 0.3 is 0 Å². The van der Waals surface area contributed by atoms with Crippen molar-refractivity contribution < 1.29 is 8.78 Å². The largest absolute Gasteiger partial charge is 0.320 e. The summed E-state index contributed by atoms with van der Waals surface area (Å²) < 4.78 is 24.9. The lowest BCUT2D eigenvalue weighted by Gasteiger charge is -2.02. The van der Waals surface area contributed by atoms with Crippen LogP contribution in [0.3, 0.4) is 0 Å². The molecule has 0 atom stereocenters. The van der Waals surface area contributed by atoms with Gasteiger partial charge in [0.05, 0.1) is 16.6 Å². The predicted octanol–water partition coefficient (Wildman–Crippen LogP) is 2.60. The van der Waals surface area contributed by atoms with Crippen LogP contribution in [0.5, 0.6) is 0 Å². The highest BCUT2D eigenvalue weighted by atomic mass is 35.5. The number of nitrogens with one attached hydrogen (secondary N) is 1. The third-order valence-corrected chi connectivity index (χ3v) is 2.48.